The third kappa shape index (κ3) is 7.66. The molecule has 0 radical (unpaired) electrons. The van der Waals surface area contributed by atoms with Crippen LogP contribution in [0.15, 0.2) is 5.16 Å². The third-order valence-corrected chi connectivity index (χ3v) is 2.83. The molecule has 0 spiro atoms. The topological polar surface area (TPSA) is 88.2 Å². The number of rotatable bonds is 8. The van der Waals surface area contributed by atoms with Crippen LogP contribution in [0.5, 0.6) is 0 Å². The van der Waals surface area contributed by atoms with Crippen molar-refractivity contribution in [3.63, 3.8) is 0 Å². The predicted molar refractivity (Wildman–Crippen MR) is 75.1 cm³/mol. The molecule has 6 nitrogen and oxygen atoms in total. The maximum atomic E-state index is 12.3. The molecule has 0 aromatic heterocycles. The Bertz CT molecular complexity index is 314. The highest BCUT2D eigenvalue weighted by atomic mass is 16.5. The van der Waals surface area contributed by atoms with Gasteiger partial charge in [0.2, 0.25) is 5.91 Å². The molecule has 0 aromatic rings. The van der Waals surface area contributed by atoms with Gasteiger partial charge in [-0.05, 0) is 19.8 Å². The van der Waals surface area contributed by atoms with E-state index < -0.39 is 5.60 Å². The molecule has 0 saturated heterocycles. The number of hydrogen-bond donors (Lipinski definition) is 2. The maximum absolute atomic E-state index is 12.3. The van der Waals surface area contributed by atoms with Crippen molar-refractivity contribution in [1.82, 2.24) is 4.90 Å². The van der Waals surface area contributed by atoms with Gasteiger partial charge in [0, 0.05) is 26.6 Å². The minimum absolute atomic E-state index is 0.0197. The summed E-state index contributed by atoms with van der Waals surface area (Å²) >= 11 is 0. The Balaban J connectivity index is 4.60. The Labute approximate surface area is 115 Å². The number of methoxy groups -OCH3 is 1. The first-order valence-electron chi connectivity index (χ1n) is 6.51. The number of carbonyl (C=O) groups excluding carboxylic acids is 1. The molecule has 0 aliphatic heterocycles. The average Bonchev–Trinajstić information content (AvgIpc) is 2.32. The van der Waals surface area contributed by atoms with Crippen LogP contribution in [-0.2, 0) is 9.53 Å². The molecule has 0 bridgehead atoms. The predicted octanol–water partition coefficient (Wildman–Crippen LogP) is 1.42. The zero-order valence-corrected chi connectivity index (χ0v) is 12.6. The first-order valence-corrected chi connectivity index (χ1v) is 6.51. The van der Waals surface area contributed by atoms with Crippen molar-refractivity contribution in [1.29, 1.82) is 0 Å². The second-order valence-electron chi connectivity index (χ2n) is 5.72. The fourth-order valence-electron chi connectivity index (χ4n) is 1.61. The van der Waals surface area contributed by atoms with Gasteiger partial charge in [-0.2, -0.15) is 0 Å². The molecule has 0 saturated carbocycles. The van der Waals surface area contributed by atoms with E-state index in [-0.39, 0.29) is 11.7 Å². The van der Waals surface area contributed by atoms with E-state index in [1.807, 2.05) is 27.7 Å². The number of ether oxygens (including phenoxy) is 1. The molecule has 1 amide bonds. The van der Waals surface area contributed by atoms with Crippen LogP contribution in [0, 0.1) is 5.92 Å². The smallest absolute Gasteiger partial charge is 0.225 e. The molecule has 0 heterocycles. The fraction of sp³-hybridized carbons (Fsp3) is 0.846. The lowest BCUT2D eigenvalue weighted by molar-refractivity contribution is -0.136. The zero-order valence-electron chi connectivity index (χ0n) is 12.6. The number of nitrogens with two attached hydrogens (primary N) is 1. The van der Waals surface area contributed by atoms with E-state index in [0.717, 1.165) is 0 Å². The van der Waals surface area contributed by atoms with E-state index in [1.54, 1.807) is 12.0 Å². The van der Waals surface area contributed by atoms with Gasteiger partial charge in [0.1, 0.15) is 5.84 Å². The Hall–Kier alpha value is -1.30. The van der Waals surface area contributed by atoms with Crippen LogP contribution in [-0.4, -0.2) is 47.7 Å². The molecule has 0 atom stereocenters. The monoisotopic (exact) mass is 273 g/mol. The van der Waals surface area contributed by atoms with Crippen LogP contribution in [0.1, 0.15) is 40.5 Å². The van der Waals surface area contributed by atoms with Gasteiger partial charge in [0.05, 0.1) is 12.0 Å². The molecule has 0 unspecified atom stereocenters. The van der Waals surface area contributed by atoms with Crippen LogP contribution in [0.3, 0.4) is 0 Å². The summed E-state index contributed by atoms with van der Waals surface area (Å²) in [6, 6.07) is 0. The van der Waals surface area contributed by atoms with E-state index >= 15 is 0 Å². The Morgan fingerprint density at radius 2 is 2.05 bits per heavy atom. The summed E-state index contributed by atoms with van der Waals surface area (Å²) in [7, 11) is 1.59. The molecule has 19 heavy (non-hydrogen) atoms. The van der Waals surface area contributed by atoms with Gasteiger partial charge >= 0.3 is 0 Å². The van der Waals surface area contributed by atoms with Gasteiger partial charge in [-0.1, -0.05) is 19.0 Å². The fourth-order valence-corrected chi connectivity index (χ4v) is 1.61. The summed E-state index contributed by atoms with van der Waals surface area (Å²) in [6.45, 7) is 8.95. The molecule has 0 aliphatic rings. The van der Waals surface area contributed by atoms with Crippen LogP contribution < -0.4 is 5.73 Å². The van der Waals surface area contributed by atoms with Gasteiger partial charge in [0.25, 0.3) is 0 Å². The molecule has 112 valence electrons. The lowest BCUT2D eigenvalue weighted by Crippen LogP contribution is -2.40. The first-order chi connectivity index (χ1) is 8.71. The van der Waals surface area contributed by atoms with Gasteiger partial charge in [-0.25, -0.2) is 0 Å². The largest absolute Gasteiger partial charge is 0.409 e. The second kappa shape index (κ2) is 7.99. The highest BCUT2D eigenvalue weighted by Gasteiger charge is 2.25. The minimum atomic E-state index is -0.483. The number of carbonyl (C=O) groups is 1. The molecule has 0 aliphatic carbocycles. The molecule has 3 N–H and O–H groups in total. The summed E-state index contributed by atoms with van der Waals surface area (Å²) in [5.41, 5.74) is 4.96. The van der Waals surface area contributed by atoms with Crippen molar-refractivity contribution < 1.29 is 14.7 Å². The summed E-state index contributed by atoms with van der Waals surface area (Å²) in [6.07, 6.45) is 0.675. The molecular weight excluding hydrogens is 246 g/mol. The zero-order chi connectivity index (χ0) is 15.1. The molecule has 0 fully saturated rings. The van der Waals surface area contributed by atoms with Crippen LogP contribution in [0.25, 0.3) is 0 Å². The first kappa shape index (κ1) is 17.7. The number of hydrogen-bond acceptors (Lipinski definition) is 4. The van der Waals surface area contributed by atoms with E-state index in [4.69, 9.17) is 15.7 Å². The molecular formula is C13H27N3O3. The lowest BCUT2D eigenvalue weighted by Gasteiger charge is -2.29. The molecule has 6 heteroatoms. The summed E-state index contributed by atoms with van der Waals surface area (Å²) in [5.74, 6) is 0.515. The van der Waals surface area contributed by atoms with E-state index in [1.165, 1.54) is 0 Å². The quantitative estimate of drug-likeness (QED) is 0.303. The maximum Gasteiger partial charge on any atom is 0.225 e. The Kier molecular flexibility index (Phi) is 7.44. The number of amides is 1. The van der Waals surface area contributed by atoms with E-state index in [0.29, 0.717) is 31.8 Å². The van der Waals surface area contributed by atoms with Gasteiger partial charge in [-0.15, -0.1) is 0 Å². The second-order valence-corrected chi connectivity index (χ2v) is 5.72. The summed E-state index contributed by atoms with van der Waals surface area (Å²) in [5, 5.41) is 11.5. The molecule has 0 rings (SSSR count). The van der Waals surface area contributed by atoms with Crippen molar-refractivity contribution in [2.24, 2.45) is 16.8 Å². The van der Waals surface area contributed by atoms with Crippen molar-refractivity contribution in [3.8, 4) is 0 Å². The van der Waals surface area contributed by atoms with Crippen LogP contribution in [0.4, 0.5) is 0 Å². The van der Waals surface area contributed by atoms with Crippen molar-refractivity contribution in [2.45, 2.75) is 46.1 Å². The Morgan fingerprint density at radius 1 is 1.47 bits per heavy atom. The van der Waals surface area contributed by atoms with E-state index in [2.05, 4.69) is 5.16 Å². The van der Waals surface area contributed by atoms with E-state index in [9.17, 15) is 4.79 Å². The van der Waals surface area contributed by atoms with Crippen LogP contribution in [0.2, 0.25) is 0 Å². The minimum Gasteiger partial charge on any atom is -0.409 e. The normalized spacial score (nSPS) is 12.8. The summed E-state index contributed by atoms with van der Waals surface area (Å²) in [4.78, 5) is 14.0. The Morgan fingerprint density at radius 3 is 2.47 bits per heavy atom. The highest BCUT2D eigenvalue weighted by molar-refractivity contribution is 5.81. The van der Waals surface area contributed by atoms with Crippen LogP contribution >= 0.6 is 0 Å². The SMILES string of the molecule is COC(C)(C)CC(=O)N(CCC(N)=NO)CC(C)C. The van der Waals surface area contributed by atoms with Crippen molar-refractivity contribution >= 4 is 11.7 Å². The van der Waals surface area contributed by atoms with Crippen molar-refractivity contribution in [2.75, 3.05) is 20.2 Å². The van der Waals surface area contributed by atoms with Gasteiger partial charge in [0.15, 0.2) is 0 Å². The highest BCUT2D eigenvalue weighted by Crippen LogP contribution is 2.15. The van der Waals surface area contributed by atoms with Gasteiger partial charge < -0.3 is 20.6 Å². The van der Waals surface area contributed by atoms with Gasteiger partial charge in [-0.3, -0.25) is 4.79 Å². The standard InChI is InChI=1S/C13H27N3O3/c1-10(2)9-16(7-6-11(14)15-18)12(17)8-13(3,4)19-5/h10,18H,6-9H2,1-5H3,(H2,14,15). The number of nitrogens with zero attached hydrogens (tertiary/aromatic N) is 2. The summed E-state index contributed by atoms with van der Waals surface area (Å²) < 4.78 is 5.27. The molecule has 0 aromatic carbocycles. The third-order valence-electron chi connectivity index (χ3n) is 2.83. The number of oxime groups is 1. The lowest BCUT2D eigenvalue weighted by atomic mass is 10.0. The number of amidine groups is 1. The van der Waals surface area contributed by atoms with Crippen molar-refractivity contribution in [3.05, 3.63) is 0 Å². The average molecular weight is 273 g/mol.